The van der Waals surface area contributed by atoms with E-state index in [1.54, 1.807) is 24.3 Å². The predicted octanol–water partition coefficient (Wildman–Crippen LogP) is 1.10. The number of carboxylic acids is 1. The van der Waals surface area contributed by atoms with E-state index in [4.69, 9.17) is 16.7 Å². The van der Waals surface area contributed by atoms with Crippen LogP contribution in [0.5, 0.6) is 0 Å². The highest BCUT2D eigenvalue weighted by atomic mass is 35.5. The molecule has 0 saturated carbocycles. The van der Waals surface area contributed by atoms with Crippen LogP contribution in [0.3, 0.4) is 0 Å². The molecule has 0 fully saturated rings. The molecular formula is C12H14ClNO4. The first-order valence-corrected chi connectivity index (χ1v) is 5.66. The quantitative estimate of drug-likeness (QED) is 0.812. The maximum Gasteiger partial charge on any atom is 0.326 e. The van der Waals surface area contributed by atoms with Gasteiger partial charge in [0.25, 0.3) is 0 Å². The number of nitrogens with one attached hydrogen (secondary N) is 1. The van der Waals surface area contributed by atoms with Crippen LogP contribution in [-0.4, -0.2) is 36.7 Å². The molecule has 1 atom stereocenters. The molecular weight excluding hydrogens is 258 g/mol. The number of ether oxygens (including phenoxy) is 1. The predicted molar refractivity (Wildman–Crippen MR) is 66.6 cm³/mol. The van der Waals surface area contributed by atoms with E-state index in [1.807, 2.05) is 0 Å². The monoisotopic (exact) mass is 271 g/mol. The van der Waals surface area contributed by atoms with E-state index in [2.05, 4.69) is 10.1 Å². The second-order valence-corrected chi connectivity index (χ2v) is 4.16. The number of rotatable bonds is 6. The normalized spacial score (nSPS) is 11.9. The van der Waals surface area contributed by atoms with Gasteiger partial charge in [-0.3, -0.25) is 4.79 Å². The van der Waals surface area contributed by atoms with Crippen molar-refractivity contribution in [2.45, 2.75) is 12.5 Å². The summed E-state index contributed by atoms with van der Waals surface area (Å²) < 4.78 is 4.63. The van der Waals surface area contributed by atoms with E-state index in [9.17, 15) is 9.59 Å². The largest absolute Gasteiger partial charge is 0.480 e. The summed E-state index contributed by atoms with van der Waals surface area (Å²) in [6.45, 7) is -0.162. The molecule has 1 rings (SSSR count). The lowest BCUT2D eigenvalue weighted by atomic mass is 10.1. The molecule has 0 radical (unpaired) electrons. The van der Waals surface area contributed by atoms with Gasteiger partial charge in [-0.2, -0.15) is 0 Å². The lowest BCUT2D eigenvalue weighted by molar-refractivity contribution is -0.142. The Kier molecular flexibility index (Phi) is 5.61. The molecule has 0 unspecified atom stereocenters. The van der Waals surface area contributed by atoms with Gasteiger partial charge in [0.1, 0.15) is 12.6 Å². The number of aliphatic carboxylic acids is 1. The zero-order valence-electron chi connectivity index (χ0n) is 9.85. The Bertz CT molecular complexity index is 419. The number of carbonyl (C=O) groups excluding carboxylic acids is 1. The van der Waals surface area contributed by atoms with Crippen LogP contribution in [0.15, 0.2) is 24.3 Å². The summed E-state index contributed by atoms with van der Waals surface area (Å²) in [4.78, 5) is 22.3. The number of hydrogen-bond acceptors (Lipinski definition) is 3. The summed E-state index contributed by atoms with van der Waals surface area (Å²) in [5, 5.41) is 12.0. The fourth-order valence-electron chi connectivity index (χ4n) is 1.42. The topological polar surface area (TPSA) is 75.6 Å². The molecule has 0 heterocycles. The summed E-state index contributed by atoms with van der Waals surface area (Å²) in [7, 11) is 1.37. The first kappa shape index (κ1) is 14.5. The zero-order valence-corrected chi connectivity index (χ0v) is 10.6. The maximum atomic E-state index is 11.3. The number of halogens is 1. The Morgan fingerprint density at radius 2 is 2.00 bits per heavy atom. The van der Waals surface area contributed by atoms with E-state index in [0.29, 0.717) is 5.02 Å². The Balaban J connectivity index is 2.65. The number of methoxy groups -OCH3 is 1. The van der Waals surface area contributed by atoms with Crippen molar-refractivity contribution in [3.8, 4) is 0 Å². The van der Waals surface area contributed by atoms with Crippen molar-refractivity contribution in [3.63, 3.8) is 0 Å². The summed E-state index contributed by atoms with van der Waals surface area (Å²) in [6.07, 6.45) is 0.196. The SMILES string of the molecule is COCC(=O)N[C@@H](Cc1ccc(Cl)cc1)C(=O)O. The molecule has 0 spiro atoms. The average Bonchev–Trinajstić information content (AvgIpc) is 2.31. The Morgan fingerprint density at radius 1 is 1.39 bits per heavy atom. The molecule has 2 N–H and O–H groups in total. The molecule has 6 heteroatoms. The maximum absolute atomic E-state index is 11.3. The van der Waals surface area contributed by atoms with Gasteiger partial charge in [0, 0.05) is 18.6 Å². The van der Waals surface area contributed by atoms with Crippen molar-refractivity contribution in [3.05, 3.63) is 34.9 Å². The molecule has 0 aliphatic carbocycles. The van der Waals surface area contributed by atoms with Crippen LogP contribution in [0.4, 0.5) is 0 Å². The van der Waals surface area contributed by atoms with Crippen LogP contribution in [0.25, 0.3) is 0 Å². The fraction of sp³-hybridized carbons (Fsp3) is 0.333. The Morgan fingerprint density at radius 3 is 2.50 bits per heavy atom. The van der Waals surface area contributed by atoms with E-state index in [0.717, 1.165) is 5.56 Å². The third-order valence-electron chi connectivity index (χ3n) is 2.26. The van der Waals surface area contributed by atoms with Gasteiger partial charge in [-0.15, -0.1) is 0 Å². The van der Waals surface area contributed by atoms with Gasteiger partial charge in [-0.25, -0.2) is 4.79 Å². The zero-order chi connectivity index (χ0) is 13.5. The van der Waals surface area contributed by atoms with Gasteiger partial charge in [0.2, 0.25) is 5.91 Å². The molecule has 1 aromatic carbocycles. The van der Waals surface area contributed by atoms with Gasteiger partial charge in [-0.1, -0.05) is 23.7 Å². The number of hydrogen-bond donors (Lipinski definition) is 2. The van der Waals surface area contributed by atoms with Crippen LogP contribution < -0.4 is 5.32 Å². The second kappa shape index (κ2) is 6.98. The highest BCUT2D eigenvalue weighted by molar-refractivity contribution is 6.30. The first-order valence-electron chi connectivity index (χ1n) is 5.28. The van der Waals surface area contributed by atoms with E-state index >= 15 is 0 Å². The third-order valence-corrected chi connectivity index (χ3v) is 2.51. The molecule has 0 aliphatic rings. The standard InChI is InChI=1S/C12H14ClNO4/c1-18-7-11(15)14-10(12(16)17)6-8-2-4-9(13)5-3-8/h2-5,10H,6-7H2,1H3,(H,14,15)(H,16,17)/t10-/m0/s1. The third kappa shape index (κ3) is 4.73. The molecule has 0 saturated heterocycles. The number of carboxylic acid groups (broad SMARTS) is 1. The van der Waals surface area contributed by atoms with Crippen molar-refractivity contribution >= 4 is 23.5 Å². The van der Waals surface area contributed by atoms with Crippen LogP contribution in [0, 0.1) is 0 Å². The smallest absolute Gasteiger partial charge is 0.326 e. The summed E-state index contributed by atoms with van der Waals surface area (Å²) in [5.41, 5.74) is 0.782. The number of amides is 1. The highest BCUT2D eigenvalue weighted by Gasteiger charge is 2.20. The average molecular weight is 272 g/mol. The Hall–Kier alpha value is -1.59. The van der Waals surface area contributed by atoms with Crippen molar-refractivity contribution in [2.75, 3.05) is 13.7 Å². The minimum Gasteiger partial charge on any atom is -0.480 e. The Labute approximate surface area is 110 Å². The van der Waals surface area contributed by atoms with Crippen molar-refractivity contribution in [1.82, 2.24) is 5.32 Å². The molecule has 98 valence electrons. The van der Waals surface area contributed by atoms with Crippen LogP contribution in [0.1, 0.15) is 5.56 Å². The lowest BCUT2D eigenvalue weighted by Crippen LogP contribution is -2.43. The van der Waals surface area contributed by atoms with Crippen molar-refractivity contribution in [2.24, 2.45) is 0 Å². The summed E-state index contributed by atoms with van der Waals surface area (Å²) in [6, 6.07) is 5.81. The minimum absolute atomic E-state index is 0.162. The van der Waals surface area contributed by atoms with E-state index in [-0.39, 0.29) is 13.0 Å². The second-order valence-electron chi connectivity index (χ2n) is 3.72. The van der Waals surface area contributed by atoms with E-state index in [1.165, 1.54) is 7.11 Å². The molecule has 5 nitrogen and oxygen atoms in total. The van der Waals surface area contributed by atoms with Gasteiger partial charge in [-0.05, 0) is 17.7 Å². The summed E-state index contributed by atoms with van der Waals surface area (Å²) in [5.74, 6) is -1.55. The van der Waals surface area contributed by atoms with Gasteiger partial charge < -0.3 is 15.2 Å². The fourth-order valence-corrected chi connectivity index (χ4v) is 1.55. The number of carbonyl (C=O) groups is 2. The minimum atomic E-state index is -1.09. The molecule has 0 aromatic heterocycles. The van der Waals surface area contributed by atoms with E-state index < -0.39 is 17.9 Å². The van der Waals surface area contributed by atoms with Gasteiger partial charge in [0.15, 0.2) is 0 Å². The summed E-state index contributed by atoms with van der Waals surface area (Å²) >= 11 is 5.73. The molecule has 1 amide bonds. The highest BCUT2D eigenvalue weighted by Crippen LogP contribution is 2.11. The van der Waals surface area contributed by atoms with Crippen LogP contribution in [-0.2, 0) is 20.7 Å². The van der Waals surface area contributed by atoms with Gasteiger partial charge >= 0.3 is 5.97 Å². The van der Waals surface area contributed by atoms with Crippen LogP contribution in [0.2, 0.25) is 5.02 Å². The lowest BCUT2D eigenvalue weighted by Gasteiger charge is -2.14. The molecule has 1 aromatic rings. The van der Waals surface area contributed by atoms with Crippen LogP contribution >= 0.6 is 11.6 Å². The first-order chi connectivity index (χ1) is 8.52. The molecule has 0 bridgehead atoms. The number of benzene rings is 1. The van der Waals surface area contributed by atoms with Crippen molar-refractivity contribution < 1.29 is 19.4 Å². The van der Waals surface area contributed by atoms with Crippen molar-refractivity contribution in [1.29, 1.82) is 0 Å². The molecule has 18 heavy (non-hydrogen) atoms. The molecule has 0 aliphatic heterocycles. The van der Waals surface area contributed by atoms with Gasteiger partial charge in [0.05, 0.1) is 0 Å².